The molecule has 1 aromatic rings. The predicted octanol–water partition coefficient (Wildman–Crippen LogP) is 3.69. The lowest BCUT2D eigenvalue weighted by atomic mass is 9.87. The summed E-state index contributed by atoms with van der Waals surface area (Å²) in [4.78, 5) is 1.12. The molecule has 1 aromatic heterocycles. The number of halogens is 1. The van der Waals surface area contributed by atoms with Gasteiger partial charge in [0.2, 0.25) is 10.0 Å². The van der Waals surface area contributed by atoms with Gasteiger partial charge in [0.05, 0.1) is 10.8 Å². The Morgan fingerprint density at radius 3 is 2.58 bits per heavy atom. The quantitative estimate of drug-likeness (QED) is 0.793. The Morgan fingerprint density at radius 1 is 1.37 bits per heavy atom. The lowest BCUT2D eigenvalue weighted by Gasteiger charge is -2.32. The third-order valence-electron chi connectivity index (χ3n) is 3.98. The van der Waals surface area contributed by atoms with E-state index in [1.54, 1.807) is 22.8 Å². The van der Waals surface area contributed by atoms with E-state index in [9.17, 15) is 8.42 Å². The van der Waals surface area contributed by atoms with E-state index in [2.05, 4.69) is 6.92 Å². The Kier molecular flexibility index (Phi) is 4.93. The minimum atomic E-state index is -3.40. The number of alkyl halides is 1. The van der Waals surface area contributed by atoms with Crippen LogP contribution in [0.5, 0.6) is 0 Å². The molecule has 2 rings (SSSR count). The predicted molar refractivity (Wildman–Crippen MR) is 80.2 cm³/mol. The third-order valence-corrected chi connectivity index (χ3v) is 7.45. The number of nitrogens with zero attached hydrogens (tertiary/aromatic N) is 1. The summed E-state index contributed by atoms with van der Waals surface area (Å²) in [5, 5.41) is 1.79. The Balaban J connectivity index is 2.20. The fourth-order valence-electron chi connectivity index (χ4n) is 2.61. The van der Waals surface area contributed by atoms with Crippen LogP contribution >= 0.6 is 22.9 Å². The minimum absolute atomic E-state index is 0.129. The molecule has 3 nitrogen and oxygen atoms in total. The van der Waals surface area contributed by atoms with Crippen LogP contribution in [0, 0.1) is 5.92 Å². The molecule has 1 fully saturated rings. The second-order valence-corrected chi connectivity index (χ2v) is 8.51. The van der Waals surface area contributed by atoms with Gasteiger partial charge in [-0.15, -0.1) is 22.9 Å². The maximum Gasteiger partial charge on any atom is 0.244 e. The standard InChI is InChI=1S/C13H20ClNO2S2/c1-10-3-5-11(6-4-10)15(2)19(16,17)13-7-8-18-12(13)9-14/h7-8,10-11H,3-6,9H2,1-2H3. The van der Waals surface area contributed by atoms with Gasteiger partial charge in [-0.3, -0.25) is 0 Å². The van der Waals surface area contributed by atoms with E-state index in [4.69, 9.17) is 11.6 Å². The van der Waals surface area contributed by atoms with Crippen molar-refractivity contribution in [1.82, 2.24) is 4.31 Å². The summed E-state index contributed by atoms with van der Waals surface area (Å²) in [7, 11) is -1.70. The molecule has 108 valence electrons. The number of hydrogen-bond donors (Lipinski definition) is 0. The molecule has 1 heterocycles. The zero-order chi connectivity index (χ0) is 14.0. The Morgan fingerprint density at radius 2 is 2.00 bits per heavy atom. The highest BCUT2D eigenvalue weighted by atomic mass is 35.5. The van der Waals surface area contributed by atoms with Crippen molar-refractivity contribution in [3.8, 4) is 0 Å². The van der Waals surface area contributed by atoms with Crippen LogP contribution in [0.3, 0.4) is 0 Å². The summed E-state index contributed by atoms with van der Waals surface area (Å²) in [5.41, 5.74) is 0. The van der Waals surface area contributed by atoms with Crippen molar-refractivity contribution in [2.45, 2.75) is 49.4 Å². The fourth-order valence-corrected chi connectivity index (χ4v) is 5.70. The van der Waals surface area contributed by atoms with E-state index < -0.39 is 10.0 Å². The van der Waals surface area contributed by atoms with Gasteiger partial charge in [0.15, 0.2) is 0 Å². The topological polar surface area (TPSA) is 37.4 Å². The van der Waals surface area contributed by atoms with Crippen LogP contribution in [-0.2, 0) is 15.9 Å². The van der Waals surface area contributed by atoms with Crippen LogP contribution in [0.2, 0.25) is 0 Å². The molecule has 19 heavy (non-hydrogen) atoms. The minimum Gasteiger partial charge on any atom is -0.207 e. The van der Waals surface area contributed by atoms with Gasteiger partial charge in [0.1, 0.15) is 0 Å². The molecule has 0 aliphatic heterocycles. The van der Waals surface area contributed by atoms with Crippen LogP contribution in [0.4, 0.5) is 0 Å². The molecule has 0 spiro atoms. The highest BCUT2D eigenvalue weighted by molar-refractivity contribution is 7.89. The van der Waals surface area contributed by atoms with Gasteiger partial charge in [-0.25, -0.2) is 8.42 Å². The van der Waals surface area contributed by atoms with Crippen LogP contribution in [-0.4, -0.2) is 25.8 Å². The van der Waals surface area contributed by atoms with E-state index in [1.807, 2.05) is 0 Å². The first-order valence-electron chi connectivity index (χ1n) is 6.57. The normalized spacial score (nSPS) is 24.8. The molecule has 0 radical (unpaired) electrons. The Bertz CT molecular complexity index is 519. The summed E-state index contributed by atoms with van der Waals surface area (Å²) in [6.07, 6.45) is 4.13. The molecule has 0 amide bonds. The van der Waals surface area contributed by atoms with Gasteiger partial charge >= 0.3 is 0 Å². The Hall–Kier alpha value is -0.100. The van der Waals surface area contributed by atoms with E-state index in [0.29, 0.717) is 10.8 Å². The average molecular weight is 322 g/mol. The van der Waals surface area contributed by atoms with Crippen molar-refractivity contribution in [3.63, 3.8) is 0 Å². The third kappa shape index (κ3) is 3.15. The molecule has 1 aliphatic rings. The molecule has 1 aliphatic carbocycles. The molecule has 1 saturated carbocycles. The van der Waals surface area contributed by atoms with Crippen LogP contribution < -0.4 is 0 Å². The molecular formula is C13H20ClNO2S2. The molecule has 0 N–H and O–H groups in total. The zero-order valence-corrected chi connectivity index (χ0v) is 13.7. The second kappa shape index (κ2) is 6.12. The van der Waals surface area contributed by atoms with Crippen molar-refractivity contribution in [2.24, 2.45) is 5.92 Å². The first kappa shape index (κ1) is 15.3. The first-order chi connectivity index (χ1) is 8.96. The van der Waals surface area contributed by atoms with Crippen molar-refractivity contribution in [2.75, 3.05) is 7.05 Å². The highest BCUT2D eigenvalue weighted by Gasteiger charge is 2.32. The van der Waals surface area contributed by atoms with Gasteiger partial charge in [-0.1, -0.05) is 6.92 Å². The van der Waals surface area contributed by atoms with Crippen LogP contribution in [0.25, 0.3) is 0 Å². The van der Waals surface area contributed by atoms with Gasteiger partial charge in [-0.2, -0.15) is 4.31 Å². The molecule has 0 saturated heterocycles. The van der Waals surface area contributed by atoms with E-state index in [1.165, 1.54) is 11.3 Å². The summed E-state index contributed by atoms with van der Waals surface area (Å²) in [6.45, 7) is 2.23. The highest BCUT2D eigenvalue weighted by Crippen LogP contribution is 2.32. The molecular weight excluding hydrogens is 302 g/mol. The molecule has 0 aromatic carbocycles. The molecule has 0 atom stereocenters. The van der Waals surface area contributed by atoms with E-state index in [0.717, 1.165) is 30.6 Å². The molecule has 0 unspecified atom stereocenters. The maximum atomic E-state index is 12.6. The lowest BCUT2D eigenvalue weighted by molar-refractivity contribution is 0.246. The van der Waals surface area contributed by atoms with E-state index >= 15 is 0 Å². The number of sulfonamides is 1. The van der Waals surface area contributed by atoms with Crippen molar-refractivity contribution >= 4 is 33.0 Å². The number of rotatable bonds is 4. The van der Waals surface area contributed by atoms with Crippen LogP contribution in [0.15, 0.2) is 16.3 Å². The van der Waals surface area contributed by atoms with E-state index in [-0.39, 0.29) is 11.9 Å². The maximum absolute atomic E-state index is 12.6. The lowest BCUT2D eigenvalue weighted by Crippen LogP contribution is -2.39. The number of thiophene rings is 1. The zero-order valence-electron chi connectivity index (χ0n) is 11.3. The summed E-state index contributed by atoms with van der Waals surface area (Å²) >= 11 is 7.22. The van der Waals surface area contributed by atoms with Gasteiger partial charge in [-0.05, 0) is 43.0 Å². The van der Waals surface area contributed by atoms with Crippen molar-refractivity contribution < 1.29 is 8.42 Å². The molecule has 0 bridgehead atoms. The van der Waals surface area contributed by atoms with Crippen molar-refractivity contribution in [1.29, 1.82) is 0 Å². The van der Waals surface area contributed by atoms with Crippen LogP contribution in [0.1, 0.15) is 37.5 Å². The number of hydrogen-bond acceptors (Lipinski definition) is 3. The molecule has 6 heteroatoms. The summed E-state index contributed by atoms with van der Waals surface area (Å²) in [5.74, 6) is 0.966. The van der Waals surface area contributed by atoms with Gasteiger partial charge < -0.3 is 0 Å². The van der Waals surface area contributed by atoms with Crippen molar-refractivity contribution in [3.05, 3.63) is 16.3 Å². The summed E-state index contributed by atoms with van der Waals surface area (Å²) < 4.78 is 26.8. The smallest absolute Gasteiger partial charge is 0.207 e. The monoisotopic (exact) mass is 321 g/mol. The van der Waals surface area contributed by atoms with Gasteiger partial charge in [0.25, 0.3) is 0 Å². The second-order valence-electron chi connectivity index (χ2n) is 5.28. The largest absolute Gasteiger partial charge is 0.244 e. The fraction of sp³-hybridized carbons (Fsp3) is 0.692. The SMILES string of the molecule is CC1CCC(N(C)S(=O)(=O)c2ccsc2CCl)CC1. The first-order valence-corrected chi connectivity index (χ1v) is 9.42. The average Bonchev–Trinajstić information content (AvgIpc) is 2.87. The van der Waals surface area contributed by atoms with Gasteiger partial charge in [0, 0.05) is 18.0 Å². The summed E-state index contributed by atoms with van der Waals surface area (Å²) in [6, 6.07) is 1.80. The Labute approximate surface area is 124 Å².